The van der Waals surface area contributed by atoms with Gasteiger partial charge in [-0.3, -0.25) is 9.52 Å². The molecule has 8 heteroatoms. The number of sulfonamides is 1. The fraction of sp³-hybridized carbons (Fsp3) is 0.174. The molecular weight excluding hydrogens is 436 g/mol. The summed E-state index contributed by atoms with van der Waals surface area (Å²) >= 11 is 6.01. The van der Waals surface area contributed by atoms with Crippen LogP contribution in [0.1, 0.15) is 32.6 Å². The highest BCUT2D eigenvalue weighted by molar-refractivity contribution is 7.92. The van der Waals surface area contributed by atoms with Crippen molar-refractivity contribution in [3.8, 4) is 11.5 Å². The van der Waals surface area contributed by atoms with Gasteiger partial charge in [-0.2, -0.15) is 0 Å². The normalized spacial score (nSPS) is 12.9. The fourth-order valence-corrected chi connectivity index (χ4v) is 5.49. The second-order valence-electron chi connectivity index (χ2n) is 7.60. The first-order chi connectivity index (χ1) is 14.6. The number of amides is 1. The van der Waals surface area contributed by atoms with E-state index in [0.717, 1.165) is 11.1 Å². The Morgan fingerprint density at radius 3 is 2.23 bits per heavy atom. The maximum atomic E-state index is 13.2. The minimum absolute atomic E-state index is 0.210. The average molecular weight is 457 g/mol. The lowest BCUT2D eigenvalue weighted by molar-refractivity contribution is 0.102. The van der Waals surface area contributed by atoms with Crippen LogP contribution in [0.4, 0.5) is 11.4 Å². The Balaban J connectivity index is 1.72. The van der Waals surface area contributed by atoms with Crippen LogP contribution in [-0.2, 0) is 10.0 Å². The zero-order chi connectivity index (χ0) is 22.5. The van der Waals surface area contributed by atoms with Crippen LogP contribution in [0, 0.1) is 27.7 Å². The number of aryl methyl sites for hydroxylation is 2. The Kier molecular flexibility index (Phi) is 5.19. The predicted molar refractivity (Wildman–Crippen MR) is 122 cm³/mol. The van der Waals surface area contributed by atoms with Gasteiger partial charge in [-0.05, 0) is 86.3 Å². The van der Waals surface area contributed by atoms with Crippen molar-refractivity contribution in [2.75, 3.05) is 10.0 Å². The summed E-state index contributed by atoms with van der Waals surface area (Å²) in [5.41, 5.74) is 4.10. The van der Waals surface area contributed by atoms with Crippen LogP contribution < -0.4 is 14.8 Å². The lowest BCUT2D eigenvalue weighted by atomic mass is 10.0. The molecule has 0 spiro atoms. The van der Waals surface area contributed by atoms with Crippen LogP contribution in [0.5, 0.6) is 11.5 Å². The van der Waals surface area contributed by atoms with E-state index in [-0.39, 0.29) is 16.1 Å². The number of hydrogen-bond donors (Lipinski definition) is 2. The highest BCUT2D eigenvalue weighted by Crippen LogP contribution is 2.38. The van der Waals surface area contributed by atoms with Crippen LogP contribution in [0.3, 0.4) is 0 Å². The zero-order valence-corrected chi connectivity index (χ0v) is 19.0. The molecule has 0 saturated heterocycles. The highest BCUT2D eigenvalue weighted by Gasteiger charge is 2.25. The quantitative estimate of drug-likeness (QED) is 0.526. The number of hydrogen-bond acceptors (Lipinski definition) is 4. The lowest BCUT2D eigenvalue weighted by Crippen LogP contribution is -2.18. The molecule has 1 aliphatic heterocycles. The molecule has 0 atom stereocenters. The third kappa shape index (κ3) is 3.86. The second-order valence-corrected chi connectivity index (χ2v) is 9.66. The number of ether oxygens (including phenoxy) is 1. The van der Waals surface area contributed by atoms with Gasteiger partial charge in [0.05, 0.1) is 16.1 Å². The molecule has 0 bridgehead atoms. The van der Waals surface area contributed by atoms with Crippen molar-refractivity contribution < 1.29 is 17.9 Å². The number of anilines is 2. The Morgan fingerprint density at radius 2 is 1.55 bits per heavy atom. The van der Waals surface area contributed by atoms with Crippen molar-refractivity contribution in [2.45, 2.75) is 32.6 Å². The molecular formula is C23H21ClN2O4S. The summed E-state index contributed by atoms with van der Waals surface area (Å²) in [5, 5.41) is 3.21. The second kappa shape index (κ2) is 7.59. The van der Waals surface area contributed by atoms with Crippen molar-refractivity contribution in [3.05, 3.63) is 75.3 Å². The van der Waals surface area contributed by atoms with Gasteiger partial charge in [0.15, 0.2) is 5.75 Å². The summed E-state index contributed by atoms with van der Waals surface area (Å²) in [6, 6.07) is 11.5. The summed E-state index contributed by atoms with van der Waals surface area (Å²) in [5.74, 6) is 0.349. The van der Waals surface area contributed by atoms with Gasteiger partial charge in [-0.1, -0.05) is 17.7 Å². The van der Waals surface area contributed by atoms with E-state index in [0.29, 0.717) is 33.3 Å². The number of benzene rings is 3. The molecule has 0 unspecified atom stereocenters. The van der Waals surface area contributed by atoms with E-state index in [9.17, 15) is 13.2 Å². The van der Waals surface area contributed by atoms with Gasteiger partial charge in [0.2, 0.25) is 0 Å². The molecule has 2 N–H and O–H groups in total. The molecule has 3 aromatic carbocycles. The predicted octanol–water partition coefficient (Wildman–Crippen LogP) is 5.73. The minimum Gasteiger partial charge on any atom is -0.454 e. The third-order valence-corrected chi connectivity index (χ3v) is 7.34. The number of carbonyl (C=O) groups excluding carboxylic acids is 1. The van der Waals surface area contributed by atoms with Crippen molar-refractivity contribution in [1.29, 1.82) is 0 Å². The van der Waals surface area contributed by atoms with Crippen molar-refractivity contribution >= 4 is 38.9 Å². The molecule has 0 aromatic heterocycles. The topological polar surface area (TPSA) is 84.5 Å². The van der Waals surface area contributed by atoms with E-state index in [4.69, 9.17) is 16.3 Å². The van der Waals surface area contributed by atoms with E-state index in [1.54, 1.807) is 44.2 Å². The Labute approximate surface area is 186 Å². The first kappa shape index (κ1) is 21.2. The Morgan fingerprint density at radius 1 is 0.903 bits per heavy atom. The molecule has 0 radical (unpaired) electrons. The van der Waals surface area contributed by atoms with Crippen LogP contribution in [0.2, 0.25) is 5.02 Å². The molecule has 6 nitrogen and oxygen atoms in total. The van der Waals surface area contributed by atoms with Crippen LogP contribution >= 0.6 is 11.6 Å². The summed E-state index contributed by atoms with van der Waals surface area (Å²) in [4.78, 5) is 13.0. The minimum atomic E-state index is -3.87. The molecule has 0 fully saturated rings. The lowest BCUT2D eigenvalue weighted by Gasteiger charge is -2.17. The van der Waals surface area contributed by atoms with E-state index in [1.807, 2.05) is 19.9 Å². The van der Waals surface area contributed by atoms with Gasteiger partial charge in [-0.25, -0.2) is 8.42 Å². The number of rotatable bonds is 3. The van der Waals surface area contributed by atoms with Crippen molar-refractivity contribution in [3.63, 3.8) is 0 Å². The molecule has 1 amide bonds. The first-order valence-electron chi connectivity index (χ1n) is 9.60. The monoisotopic (exact) mass is 456 g/mol. The molecule has 1 aliphatic rings. The molecule has 1 heterocycles. The Bertz CT molecular complexity index is 1320. The molecule has 160 valence electrons. The van der Waals surface area contributed by atoms with Gasteiger partial charge in [0, 0.05) is 10.7 Å². The average Bonchev–Trinajstić information content (AvgIpc) is 2.82. The SMILES string of the molecule is Cc1cc(C)c(C)c(S(=O)(=O)Nc2ccc3c(c2)C(=O)Nc2cc(Cl)ccc2O3)c1C. The number of fused-ring (bicyclic) bond motifs is 2. The number of nitrogens with one attached hydrogen (secondary N) is 2. The van der Waals surface area contributed by atoms with Crippen molar-refractivity contribution in [2.24, 2.45) is 0 Å². The largest absolute Gasteiger partial charge is 0.454 e. The molecule has 0 saturated carbocycles. The van der Waals surface area contributed by atoms with Crippen molar-refractivity contribution in [1.82, 2.24) is 0 Å². The highest BCUT2D eigenvalue weighted by atomic mass is 35.5. The standard InChI is InChI=1S/C23H21ClN2O4S/c1-12-9-13(2)15(4)22(14(12)3)31(28,29)26-17-6-8-20-18(11-17)23(27)25-19-10-16(24)5-7-21(19)30-20/h5-11,26H,1-4H3,(H,25,27). The summed E-state index contributed by atoms with van der Waals surface area (Å²) < 4.78 is 34.9. The van der Waals surface area contributed by atoms with Gasteiger partial charge >= 0.3 is 0 Å². The van der Waals surface area contributed by atoms with Crippen LogP contribution in [-0.4, -0.2) is 14.3 Å². The van der Waals surface area contributed by atoms with Gasteiger partial charge in [0.25, 0.3) is 15.9 Å². The molecule has 31 heavy (non-hydrogen) atoms. The van der Waals surface area contributed by atoms with E-state index >= 15 is 0 Å². The Hall–Kier alpha value is -3.03. The van der Waals surface area contributed by atoms with E-state index in [1.165, 1.54) is 6.07 Å². The molecule has 0 aliphatic carbocycles. The van der Waals surface area contributed by atoms with Gasteiger partial charge < -0.3 is 10.1 Å². The van der Waals surface area contributed by atoms with E-state index in [2.05, 4.69) is 10.0 Å². The van der Waals surface area contributed by atoms with Gasteiger partial charge in [0.1, 0.15) is 5.75 Å². The van der Waals surface area contributed by atoms with E-state index < -0.39 is 15.9 Å². The number of carbonyl (C=O) groups is 1. The van der Waals surface area contributed by atoms with Crippen LogP contribution in [0.15, 0.2) is 47.4 Å². The summed E-state index contributed by atoms with van der Waals surface area (Å²) in [6.07, 6.45) is 0. The fourth-order valence-electron chi connectivity index (χ4n) is 3.65. The maximum Gasteiger partial charge on any atom is 0.262 e. The maximum absolute atomic E-state index is 13.2. The van der Waals surface area contributed by atoms with Gasteiger partial charge in [-0.15, -0.1) is 0 Å². The summed E-state index contributed by atoms with van der Waals surface area (Å²) in [7, 11) is -3.87. The summed E-state index contributed by atoms with van der Waals surface area (Å²) in [6.45, 7) is 7.34. The first-order valence-corrected chi connectivity index (χ1v) is 11.5. The molecule has 4 rings (SSSR count). The smallest absolute Gasteiger partial charge is 0.262 e. The zero-order valence-electron chi connectivity index (χ0n) is 17.5. The molecule has 3 aromatic rings. The number of halogens is 1. The third-order valence-electron chi connectivity index (χ3n) is 5.45. The van der Waals surface area contributed by atoms with Crippen LogP contribution in [0.25, 0.3) is 0 Å².